The first-order valence-electron chi connectivity index (χ1n) is 6.93. The molecule has 1 saturated heterocycles. The van der Waals surface area contributed by atoms with Crippen molar-refractivity contribution in [3.8, 4) is 0 Å². The van der Waals surface area contributed by atoms with E-state index < -0.39 is 10.0 Å². The minimum atomic E-state index is -3.29. The fraction of sp³-hybridized carbons (Fsp3) is 0.692. The lowest BCUT2D eigenvalue weighted by molar-refractivity contribution is 0.365. The molecular weight excluding hydrogens is 280 g/mol. The molecule has 1 aromatic heterocycles. The average molecular weight is 302 g/mol. The molecular formula is C13H22N2O2S2. The van der Waals surface area contributed by atoms with E-state index in [-0.39, 0.29) is 0 Å². The highest BCUT2D eigenvalue weighted by molar-refractivity contribution is 7.91. The summed E-state index contributed by atoms with van der Waals surface area (Å²) in [5.74, 6) is 0. The van der Waals surface area contributed by atoms with Crippen molar-refractivity contribution in [1.82, 2.24) is 4.31 Å². The molecule has 0 amide bonds. The van der Waals surface area contributed by atoms with Gasteiger partial charge in [-0.15, -0.1) is 11.3 Å². The van der Waals surface area contributed by atoms with Gasteiger partial charge in [0.2, 0.25) is 0 Å². The second kappa shape index (κ2) is 6.83. The molecule has 2 rings (SSSR count). The topological polar surface area (TPSA) is 63.4 Å². The van der Waals surface area contributed by atoms with Gasteiger partial charge in [0.1, 0.15) is 4.21 Å². The number of thiophene rings is 1. The van der Waals surface area contributed by atoms with E-state index in [0.717, 1.165) is 37.0 Å². The van der Waals surface area contributed by atoms with Crippen LogP contribution in [0, 0.1) is 0 Å². The van der Waals surface area contributed by atoms with E-state index >= 15 is 0 Å². The molecule has 0 atom stereocenters. The van der Waals surface area contributed by atoms with Gasteiger partial charge in [0.25, 0.3) is 10.0 Å². The van der Waals surface area contributed by atoms with Gasteiger partial charge in [0.05, 0.1) is 0 Å². The summed E-state index contributed by atoms with van der Waals surface area (Å²) in [6.07, 6.45) is 6.19. The van der Waals surface area contributed by atoms with Crippen molar-refractivity contribution in [2.24, 2.45) is 5.73 Å². The summed E-state index contributed by atoms with van der Waals surface area (Å²) in [5.41, 5.74) is 5.51. The monoisotopic (exact) mass is 302 g/mol. The van der Waals surface area contributed by atoms with Gasteiger partial charge in [-0.3, -0.25) is 0 Å². The van der Waals surface area contributed by atoms with Crippen LogP contribution < -0.4 is 5.73 Å². The van der Waals surface area contributed by atoms with Gasteiger partial charge in [-0.05, 0) is 37.9 Å². The van der Waals surface area contributed by atoms with E-state index in [2.05, 4.69) is 0 Å². The van der Waals surface area contributed by atoms with Gasteiger partial charge in [-0.1, -0.05) is 19.3 Å². The Hall–Kier alpha value is -0.430. The van der Waals surface area contributed by atoms with Crippen LogP contribution in [0.4, 0.5) is 0 Å². The SMILES string of the molecule is NCCc1ccc(S(=O)(=O)N2CCCCCCC2)s1. The summed E-state index contributed by atoms with van der Waals surface area (Å²) in [7, 11) is -3.29. The van der Waals surface area contributed by atoms with Gasteiger partial charge in [0, 0.05) is 18.0 Å². The maximum atomic E-state index is 12.6. The molecule has 2 N–H and O–H groups in total. The van der Waals surface area contributed by atoms with Gasteiger partial charge in [0.15, 0.2) is 0 Å². The summed E-state index contributed by atoms with van der Waals surface area (Å²) in [6, 6.07) is 3.61. The van der Waals surface area contributed by atoms with Crippen LogP contribution in [0.3, 0.4) is 0 Å². The minimum Gasteiger partial charge on any atom is -0.330 e. The molecule has 0 bridgehead atoms. The molecule has 2 heterocycles. The molecule has 108 valence electrons. The number of rotatable bonds is 4. The van der Waals surface area contributed by atoms with Gasteiger partial charge < -0.3 is 5.73 Å². The van der Waals surface area contributed by atoms with Crippen LogP contribution in [-0.4, -0.2) is 32.4 Å². The van der Waals surface area contributed by atoms with Gasteiger partial charge >= 0.3 is 0 Å². The second-order valence-electron chi connectivity index (χ2n) is 4.93. The Morgan fingerprint density at radius 3 is 2.37 bits per heavy atom. The minimum absolute atomic E-state index is 0.469. The molecule has 0 saturated carbocycles. The maximum absolute atomic E-state index is 12.6. The van der Waals surface area contributed by atoms with E-state index in [0.29, 0.717) is 23.8 Å². The zero-order valence-corrected chi connectivity index (χ0v) is 12.8. The van der Waals surface area contributed by atoms with Crippen molar-refractivity contribution in [2.45, 2.75) is 42.7 Å². The summed E-state index contributed by atoms with van der Waals surface area (Å²) in [6.45, 7) is 1.88. The first kappa shape index (κ1) is 15.0. The smallest absolute Gasteiger partial charge is 0.252 e. The lowest BCUT2D eigenvalue weighted by Gasteiger charge is -2.23. The third-order valence-corrected chi connectivity index (χ3v) is 6.95. The highest BCUT2D eigenvalue weighted by Gasteiger charge is 2.26. The van der Waals surface area contributed by atoms with Crippen molar-refractivity contribution < 1.29 is 8.42 Å². The van der Waals surface area contributed by atoms with E-state index in [1.165, 1.54) is 17.8 Å². The lowest BCUT2D eigenvalue weighted by atomic mass is 10.1. The number of sulfonamides is 1. The fourth-order valence-corrected chi connectivity index (χ4v) is 5.40. The van der Waals surface area contributed by atoms with Crippen LogP contribution in [0.5, 0.6) is 0 Å². The maximum Gasteiger partial charge on any atom is 0.252 e. The van der Waals surface area contributed by atoms with Crippen molar-refractivity contribution in [1.29, 1.82) is 0 Å². The van der Waals surface area contributed by atoms with Gasteiger partial charge in [-0.2, -0.15) is 4.31 Å². The molecule has 19 heavy (non-hydrogen) atoms. The van der Waals surface area contributed by atoms with Crippen molar-refractivity contribution >= 4 is 21.4 Å². The summed E-state index contributed by atoms with van der Waals surface area (Å²) in [5, 5.41) is 0. The van der Waals surface area contributed by atoms with E-state index in [1.54, 1.807) is 10.4 Å². The number of hydrogen-bond acceptors (Lipinski definition) is 4. The number of nitrogens with two attached hydrogens (primary N) is 1. The Morgan fingerprint density at radius 2 is 1.74 bits per heavy atom. The van der Waals surface area contributed by atoms with Crippen LogP contribution in [0.1, 0.15) is 37.0 Å². The molecule has 0 aliphatic carbocycles. The quantitative estimate of drug-likeness (QED) is 0.927. The normalized spacial score (nSPS) is 19.0. The average Bonchev–Trinajstić information content (AvgIpc) is 2.77. The fourth-order valence-electron chi connectivity index (χ4n) is 2.36. The standard InChI is InChI=1S/C13H22N2O2S2/c14-9-8-12-6-7-13(18-12)19(16,17)15-10-4-2-1-3-5-11-15/h6-7H,1-5,8-11,14H2. The second-order valence-corrected chi connectivity index (χ2v) is 8.26. The lowest BCUT2D eigenvalue weighted by Crippen LogP contribution is -2.33. The first-order chi connectivity index (χ1) is 9.14. The Bertz CT molecular complexity index is 488. The molecule has 1 fully saturated rings. The van der Waals surface area contributed by atoms with Crippen molar-refractivity contribution in [3.05, 3.63) is 17.0 Å². The zero-order chi connectivity index (χ0) is 13.7. The van der Waals surface area contributed by atoms with E-state index in [9.17, 15) is 8.42 Å². The molecule has 0 aromatic carbocycles. The third-order valence-electron chi connectivity index (χ3n) is 3.44. The molecule has 4 nitrogen and oxygen atoms in total. The van der Waals surface area contributed by atoms with Crippen LogP contribution in [0.15, 0.2) is 16.3 Å². The molecule has 1 aromatic rings. The summed E-state index contributed by atoms with van der Waals surface area (Å²) < 4.78 is 27.3. The van der Waals surface area contributed by atoms with Crippen molar-refractivity contribution in [3.63, 3.8) is 0 Å². The number of hydrogen-bond donors (Lipinski definition) is 1. The van der Waals surface area contributed by atoms with Crippen molar-refractivity contribution in [2.75, 3.05) is 19.6 Å². The zero-order valence-electron chi connectivity index (χ0n) is 11.2. The molecule has 0 unspecified atom stereocenters. The summed E-state index contributed by atoms with van der Waals surface area (Å²) in [4.78, 5) is 1.05. The number of nitrogens with zero attached hydrogens (tertiary/aromatic N) is 1. The van der Waals surface area contributed by atoms with Crippen LogP contribution in [0.25, 0.3) is 0 Å². The summed E-state index contributed by atoms with van der Waals surface area (Å²) >= 11 is 1.36. The Balaban J connectivity index is 2.14. The van der Waals surface area contributed by atoms with E-state index in [1.807, 2.05) is 6.07 Å². The molecule has 1 aliphatic rings. The Labute approximate surface area is 119 Å². The van der Waals surface area contributed by atoms with Crippen LogP contribution in [0.2, 0.25) is 0 Å². The Morgan fingerprint density at radius 1 is 1.11 bits per heavy atom. The molecule has 0 spiro atoms. The highest BCUT2D eigenvalue weighted by Crippen LogP contribution is 2.26. The molecule has 6 heteroatoms. The third kappa shape index (κ3) is 3.78. The predicted octanol–water partition coefficient (Wildman–Crippen LogP) is 2.20. The highest BCUT2D eigenvalue weighted by atomic mass is 32.2. The van der Waals surface area contributed by atoms with Crippen LogP contribution >= 0.6 is 11.3 Å². The van der Waals surface area contributed by atoms with E-state index in [4.69, 9.17) is 5.73 Å². The largest absolute Gasteiger partial charge is 0.330 e. The molecule has 0 radical (unpaired) electrons. The van der Waals surface area contributed by atoms with Crippen LogP contribution in [-0.2, 0) is 16.4 Å². The first-order valence-corrected chi connectivity index (χ1v) is 9.19. The Kier molecular flexibility index (Phi) is 5.38. The van der Waals surface area contributed by atoms with Gasteiger partial charge in [-0.25, -0.2) is 8.42 Å². The predicted molar refractivity (Wildman–Crippen MR) is 78.9 cm³/mol. The molecule has 1 aliphatic heterocycles.